The van der Waals surface area contributed by atoms with Crippen molar-refractivity contribution in [3.8, 4) is 0 Å². The number of benzene rings is 1. The van der Waals surface area contributed by atoms with Gasteiger partial charge in [-0.05, 0) is 283 Å². The van der Waals surface area contributed by atoms with Crippen LogP contribution in [-0.2, 0) is 54.1 Å². The van der Waals surface area contributed by atoms with Crippen molar-refractivity contribution < 1.29 is 0 Å². The molecule has 6 heterocycles. The third kappa shape index (κ3) is 43.6. The van der Waals surface area contributed by atoms with Gasteiger partial charge in [-0.15, -0.1) is 0 Å². The molecule has 2 saturated heterocycles. The lowest BCUT2D eigenvalue weighted by atomic mass is 9.63. The van der Waals surface area contributed by atoms with Crippen LogP contribution >= 0.6 is 0 Å². The van der Waals surface area contributed by atoms with Gasteiger partial charge < -0.3 is 0 Å². The van der Waals surface area contributed by atoms with Gasteiger partial charge in [-0.3, -0.25) is 29.7 Å². The predicted molar refractivity (Wildman–Crippen MR) is 557 cm³/mol. The van der Waals surface area contributed by atoms with Crippen LogP contribution in [0.25, 0.3) is 0 Å². The summed E-state index contributed by atoms with van der Waals surface area (Å²) in [4.78, 5) is 23.1. The number of pyridine rings is 4. The lowest BCUT2D eigenvalue weighted by molar-refractivity contribution is 0.0388. The summed E-state index contributed by atoms with van der Waals surface area (Å²) < 4.78 is 0. The number of nitrogens with zero attached hydrogens (tertiary/aromatic N) is 6. The minimum atomic E-state index is 0.140. The van der Waals surface area contributed by atoms with Crippen molar-refractivity contribution in [3.63, 3.8) is 0 Å². The molecule has 714 valence electrons. The van der Waals surface area contributed by atoms with Crippen molar-refractivity contribution in [2.24, 2.45) is 68.0 Å². The fourth-order valence-electron chi connectivity index (χ4n) is 16.3. The second-order valence-corrected chi connectivity index (χ2v) is 57.3. The van der Waals surface area contributed by atoms with Crippen molar-refractivity contribution in [1.82, 2.24) is 29.7 Å². The Hall–Kier alpha value is -4.26. The molecule has 4 aromatic heterocycles. The largest absolute Gasteiger partial charge is 0.298 e. The van der Waals surface area contributed by atoms with E-state index in [4.69, 9.17) is 4.98 Å². The minimum absolute atomic E-state index is 0.140. The van der Waals surface area contributed by atoms with Gasteiger partial charge in [-0.1, -0.05) is 375 Å². The molecule has 5 aromatic rings. The van der Waals surface area contributed by atoms with E-state index < -0.39 is 0 Å². The van der Waals surface area contributed by atoms with Crippen molar-refractivity contribution in [1.29, 1.82) is 0 Å². The second kappa shape index (κ2) is 44.8. The first-order valence-corrected chi connectivity index (χ1v) is 49.4. The highest BCUT2D eigenvalue weighted by Gasteiger charge is 2.40. The maximum absolute atomic E-state index is 4.72. The van der Waals surface area contributed by atoms with Crippen molar-refractivity contribution in [3.05, 3.63) is 154 Å². The number of aromatic nitrogens is 4. The van der Waals surface area contributed by atoms with Crippen LogP contribution in [0, 0.1) is 68.0 Å². The van der Waals surface area contributed by atoms with Crippen molar-refractivity contribution >= 4 is 0 Å². The van der Waals surface area contributed by atoms with Crippen LogP contribution in [0.5, 0.6) is 0 Å². The normalized spacial score (nSPS) is 19.8. The summed E-state index contributed by atoms with van der Waals surface area (Å²) in [6, 6.07) is 26.2. The Morgan fingerprint density at radius 2 is 0.484 bits per heavy atom. The van der Waals surface area contributed by atoms with Crippen molar-refractivity contribution in [2.45, 2.75) is 503 Å². The average Bonchev–Trinajstić information content (AvgIpc) is 1.38. The fraction of sp³-hybridized carbons (Fsp3) is 0.780. The first-order chi connectivity index (χ1) is 54.9. The SMILES string of the molecule is CC(C)(C)C1CCC(C(C)(C)C)C1.CC(C)(C)C1CCCC(C(C)(C)C)C1.CC(C)(C)C1CCCN(C(C)(C)C)C1.CC(C)(C)C1CCN(C(C)(C)C)C1.CC(C)(C)c1cccc(C(C)(C)C)c1.CC(C)(C)c1cccc(C(C)(C)C)n1.CC(C)(C)c1ccnc(C(C)(C)C)c1.CC(C)(C)c1ccnc(C(C)(C)C)c1.CC(C)(C)c1cncc(C(C)(C)C)c1. The van der Waals surface area contributed by atoms with Gasteiger partial charge >= 0.3 is 0 Å². The highest BCUT2D eigenvalue weighted by Crippen LogP contribution is 2.49. The third-order valence-corrected chi connectivity index (χ3v) is 27.1. The van der Waals surface area contributed by atoms with E-state index in [9.17, 15) is 0 Å². The Kier molecular flexibility index (Phi) is 42.5. The molecular weight excluding hydrogens is 1500 g/mol. The highest BCUT2D eigenvalue weighted by atomic mass is 15.2. The Morgan fingerprint density at radius 3 is 0.734 bits per heavy atom. The van der Waals surface area contributed by atoms with Crippen LogP contribution in [0.4, 0.5) is 0 Å². The number of hydrogen-bond donors (Lipinski definition) is 0. The lowest BCUT2D eigenvalue weighted by Gasteiger charge is -2.45. The molecule has 0 N–H and O–H groups in total. The maximum atomic E-state index is 4.72. The number of piperidine rings is 1. The minimum Gasteiger partial charge on any atom is -0.298 e. The molecule has 6 heteroatoms. The number of likely N-dealkylation sites (tertiary alicyclic amines) is 2. The Morgan fingerprint density at radius 1 is 0.234 bits per heavy atom. The standard InChI is InChI=1S/C14H28.C14H22.3C13H21N.C13H27N.C13H21N.C13H26.C12H25N/c2*1-13(2,3)11-8-7-9-12(10-11)14(4,5)6;1-12(2,3)10-7-11(9-14-8-10)13(4,5)6;2*1-12(2,3)10-7-8-14-11(9-10)13(4,5)6;1-12(2,3)11-8-7-9-14(10-11)13(4,5)6;1-12(2,3)10-8-7-9-11(14-10)13(4,5)6;1-12(2,3)10-7-8-11(9-10)13(4,5)6;1-11(2,3)10-7-8-13(9-10)12(4,5)6/h11-12H,7-10H2,1-6H3;7-10H,1-6H3;3*7-9H,1-6H3;11H,7-10H2,1-6H3;7-9H,1-6H3;10-11H,7-9H2,1-6H3;10H,7-9H2,1-6H3. The fourth-order valence-corrected chi connectivity index (χ4v) is 16.3. The summed E-state index contributed by atoms with van der Waals surface area (Å²) in [5, 5.41) is 0. The quantitative estimate of drug-likeness (QED) is 0.154. The van der Waals surface area contributed by atoms with Gasteiger partial charge in [0, 0.05) is 93.4 Å². The molecule has 0 bridgehead atoms. The van der Waals surface area contributed by atoms with Gasteiger partial charge in [0.25, 0.3) is 0 Å². The zero-order chi connectivity index (χ0) is 97.4. The monoisotopic (exact) mass is 1710 g/mol. The molecule has 6 nitrogen and oxygen atoms in total. The lowest BCUT2D eigenvalue weighted by Crippen LogP contribution is -2.49. The Labute approximate surface area is 776 Å². The topological polar surface area (TPSA) is 58.0 Å². The zero-order valence-electron chi connectivity index (χ0n) is 93.3. The molecule has 0 amide bonds. The zero-order valence-corrected chi connectivity index (χ0v) is 93.3. The van der Waals surface area contributed by atoms with Crippen LogP contribution in [0.2, 0.25) is 0 Å². The van der Waals surface area contributed by atoms with Gasteiger partial charge in [-0.25, -0.2) is 0 Å². The van der Waals surface area contributed by atoms with E-state index in [1.165, 1.54) is 147 Å². The Bertz CT molecular complexity index is 3150. The van der Waals surface area contributed by atoms with Gasteiger partial charge in [-0.2, -0.15) is 0 Å². The van der Waals surface area contributed by atoms with E-state index >= 15 is 0 Å². The van der Waals surface area contributed by atoms with E-state index in [-0.39, 0.29) is 54.1 Å². The highest BCUT2D eigenvalue weighted by molar-refractivity contribution is 5.33. The summed E-state index contributed by atoms with van der Waals surface area (Å²) >= 11 is 0. The third-order valence-electron chi connectivity index (χ3n) is 27.1. The summed E-state index contributed by atoms with van der Waals surface area (Å²) in [6.07, 6.45) is 22.1. The van der Waals surface area contributed by atoms with E-state index in [0.717, 1.165) is 35.5 Å². The molecule has 0 spiro atoms. The molecular formula is C118H212N6. The molecule has 0 radical (unpaired) electrons. The summed E-state index contributed by atoms with van der Waals surface area (Å²) in [6.45, 7) is 129. The predicted octanol–water partition coefficient (Wildman–Crippen LogP) is 35.1. The van der Waals surface area contributed by atoms with E-state index in [1.807, 2.05) is 24.8 Å². The number of rotatable bonds is 0. The van der Waals surface area contributed by atoms with Gasteiger partial charge in [0.1, 0.15) is 0 Å². The van der Waals surface area contributed by atoms with Crippen LogP contribution in [-0.4, -0.2) is 67.0 Å². The molecule has 2 saturated carbocycles. The smallest absolute Gasteiger partial charge is 0.0460 e. The number of hydrogen-bond acceptors (Lipinski definition) is 6. The molecule has 9 rings (SSSR count). The average molecular weight is 1720 g/mol. The van der Waals surface area contributed by atoms with Gasteiger partial charge in [0.05, 0.1) is 0 Å². The molecule has 2 aliphatic heterocycles. The molecule has 1 aromatic carbocycles. The van der Waals surface area contributed by atoms with Crippen LogP contribution in [0.15, 0.2) is 97.6 Å². The summed E-state index contributed by atoms with van der Waals surface area (Å²) in [5.41, 5.74) is 18.5. The Balaban J connectivity index is 0.000000698. The molecule has 6 unspecified atom stereocenters. The summed E-state index contributed by atoms with van der Waals surface area (Å²) in [7, 11) is 0. The summed E-state index contributed by atoms with van der Waals surface area (Å²) in [5.74, 6) is 5.55. The van der Waals surface area contributed by atoms with E-state index in [0.29, 0.717) is 43.6 Å². The molecule has 124 heavy (non-hydrogen) atoms. The molecule has 4 aliphatic rings. The second-order valence-electron chi connectivity index (χ2n) is 57.3. The van der Waals surface area contributed by atoms with Gasteiger partial charge in [0.2, 0.25) is 0 Å². The van der Waals surface area contributed by atoms with Crippen LogP contribution < -0.4 is 0 Å². The molecule has 6 atom stereocenters. The van der Waals surface area contributed by atoms with Gasteiger partial charge in [0.15, 0.2) is 0 Å². The van der Waals surface area contributed by atoms with Crippen LogP contribution in [0.1, 0.15) is 494 Å². The van der Waals surface area contributed by atoms with Crippen molar-refractivity contribution in [2.75, 3.05) is 26.2 Å². The molecule has 2 aliphatic carbocycles. The first-order valence-electron chi connectivity index (χ1n) is 49.4. The maximum Gasteiger partial charge on any atom is 0.0460 e. The molecule has 4 fully saturated rings. The van der Waals surface area contributed by atoms with E-state index in [2.05, 4.69) is 471 Å². The van der Waals surface area contributed by atoms with E-state index in [1.54, 1.807) is 0 Å². The first kappa shape index (κ1) is 118. The van der Waals surface area contributed by atoms with Crippen LogP contribution in [0.3, 0.4) is 0 Å².